The number of aromatic nitrogens is 2. The van der Waals surface area contributed by atoms with Gasteiger partial charge in [-0.2, -0.15) is 12.6 Å². The minimum absolute atomic E-state index is 0.615. The molecule has 0 aromatic carbocycles. The number of unbranched alkanes of at least 4 members (excludes halogenated alkanes) is 18. The van der Waals surface area contributed by atoms with Crippen molar-refractivity contribution in [2.24, 2.45) is 0 Å². The quantitative estimate of drug-likeness (QED) is 0.0327. The number of thiol groups is 1. The molecule has 5 heteroatoms. The lowest BCUT2D eigenvalue weighted by Crippen LogP contribution is -1.98. The van der Waals surface area contributed by atoms with Crippen molar-refractivity contribution in [1.29, 1.82) is 0 Å². The van der Waals surface area contributed by atoms with Crippen LogP contribution in [0, 0.1) is 0 Å². The largest absolute Gasteiger partial charge is 0.249 e. The van der Waals surface area contributed by atoms with E-state index in [0.29, 0.717) is 5.25 Å². The van der Waals surface area contributed by atoms with Crippen molar-refractivity contribution in [1.82, 2.24) is 9.97 Å². The van der Waals surface area contributed by atoms with Gasteiger partial charge in [0, 0.05) is 17.1 Å². The van der Waals surface area contributed by atoms with Crippen molar-refractivity contribution in [3.05, 3.63) is 96.9 Å². The highest BCUT2D eigenvalue weighted by Crippen LogP contribution is 2.35. The first kappa shape index (κ1) is 46.5. The Bertz CT molecular complexity index is 1180. The zero-order valence-corrected chi connectivity index (χ0v) is 35.5. The fourth-order valence-corrected chi connectivity index (χ4v) is 8.39. The van der Waals surface area contributed by atoms with Crippen molar-refractivity contribution in [3.63, 3.8) is 0 Å². The predicted molar refractivity (Wildman–Crippen MR) is 239 cm³/mol. The normalized spacial score (nSPS) is 12.7. The van der Waals surface area contributed by atoms with Gasteiger partial charge in [-0.15, -0.1) is 0 Å². The SMILES string of the molecule is CCCCC/C=C\C/C=C\CCCCCCCCC(S)CCCCCCCC/C=C\C/C=C\CCCCCc1cccc(SSc2ccccn2)n1. The summed E-state index contributed by atoms with van der Waals surface area (Å²) in [5, 5.41) is 2.69. The van der Waals surface area contributed by atoms with E-state index in [4.69, 9.17) is 17.6 Å². The predicted octanol–water partition coefficient (Wildman–Crippen LogP) is 16.5. The van der Waals surface area contributed by atoms with Crippen LogP contribution in [0.25, 0.3) is 0 Å². The maximum absolute atomic E-state index is 4.89. The number of allylic oxidation sites excluding steroid dienone is 8. The molecule has 0 spiro atoms. The van der Waals surface area contributed by atoms with Crippen LogP contribution in [-0.4, -0.2) is 15.2 Å². The van der Waals surface area contributed by atoms with Crippen LogP contribution in [0.2, 0.25) is 0 Å². The lowest BCUT2D eigenvalue weighted by Gasteiger charge is -2.10. The summed E-state index contributed by atoms with van der Waals surface area (Å²) >= 11 is 4.89. The van der Waals surface area contributed by atoms with Crippen LogP contribution in [0.1, 0.15) is 180 Å². The van der Waals surface area contributed by atoms with Crippen molar-refractivity contribution in [2.75, 3.05) is 0 Å². The average Bonchev–Trinajstić information content (AvgIpc) is 3.17. The van der Waals surface area contributed by atoms with E-state index >= 15 is 0 Å². The third-order valence-corrected chi connectivity index (χ3v) is 12.1. The van der Waals surface area contributed by atoms with Gasteiger partial charge in [-0.05, 0) is 136 Å². The van der Waals surface area contributed by atoms with Gasteiger partial charge in [-0.1, -0.05) is 151 Å². The topological polar surface area (TPSA) is 25.8 Å². The summed E-state index contributed by atoms with van der Waals surface area (Å²) in [6.45, 7) is 2.27. The molecule has 0 fully saturated rings. The van der Waals surface area contributed by atoms with E-state index in [9.17, 15) is 0 Å². The van der Waals surface area contributed by atoms with E-state index in [2.05, 4.69) is 78.7 Å². The zero-order chi connectivity index (χ0) is 36.8. The van der Waals surface area contributed by atoms with Gasteiger partial charge in [0.1, 0.15) is 10.1 Å². The van der Waals surface area contributed by atoms with Crippen LogP contribution in [0.3, 0.4) is 0 Å². The molecule has 0 aliphatic rings. The molecule has 1 atom stereocenters. The maximum Gasteiger partial charge on any atom is 0.107 e. The third kappa shape index (κ3) is 29.7. The van der Waals surface area contributed by atoms with Gasteiger partial charge in [0.15, 0.2) is 0 Å². The van der Waals surface area contributed by atoms with Gasteiger partial charge in [0.25, 0.3) is 0 Å². The van der Waals surface area contributed by atoms with Gasteiger partial charge in [-0.3, -0.25) is 0 Å². The molecule has 2 heterocycles. The fraction of sp³-hybridized carbons (Fsp3) is 0.617. The first-order chi connectivity index (χ1) is 25.8. The summed E-state index contributed by atoms with van der Waals surface area (Å²) in [5.74, 6) is 0. The van der Waals surface area contributed by atoms with E-state index < -0.39 is 0 Å². The molecule has 0 saturated carbocycles. The second kappa shape index (κ2) is 36.3. The molecule has 52 heavy (non-hydrogen) atoms. The summed E-state index contributed by atoms with van der Waals surface area (Å²) in [5.41, 5.74) is 1.20. The minimum Gasteiger partial charge on any atom is -0.249 e. The highest BCUT2D eigenvalue weighted by Gasteiger charge is 2.04. The molecule has 1 unspecified atom stereocenters. The summed E-state index contributed by atoms with van der Waals surface area (Å²) in [7, 11) is 3.35. The number of nitrogens with zero attached hydrogens (tertiary/aromatic N) is 2. The number of pyridine rings is 2. The fourth-order valence-electron chi connectivity index (χ4n) is 6.24. The highest BCUT2D eigenvalue weighted by molar-refractivity contribution is 8.76. The lowest BCUT2D eigenvalue weighted by atomic mass is 10.0. The minimum atomic E-state index is 0.615. The average molecular weight is 763 g/mol. The standard InChI is InChI=1S/C47H74N2S3/c1-2-3-4-5-6-7-8-9-10-14-17-20-23-26-29-32-39-45(50)40-33-30-27-24-21-18-15-12-11-13-16-19-22-25-28-31-37-44-38-36-42-47(49-44)52-51-46-41-34-35-43-48-46/h6-7,9-12,16,19,34-36,38,41-43,45,50H,2-5,8,13-15,17-18,20-33,37,39-40H2,1H3/b7-6-,10-9-,12-11-,19-16-. The highest BCUT2D eigenvalue weighted by atomic mass is 33.1. The van der Waals surface area contributed by atoms with Gasteiger partial charge >= 0.3 is 0 Å². The van der Waals surface area contributed by atoms with Crippen molar-refractivity contribution in [3.8, 4) is 0 Å². The molecule has 2 rings (SSSR count). The van der Waals surface area contributed by atoms with Gasteiger partial charge in [0.05, 0.1) is 0 Å². The molecule has 0 radical (unpaired) electrons. The zero-order valence-electron chi connectivity index (χ0n) is 33.0. The van der Waals surface area contributed by atoms with Crippen LogP contribution < -0.4 is 0 Å². The number of hydrogen-bond acceptors (Lipinski definition) is 5. The van der Waals surface area contributed by atoms with E-state index in [1.54, 1.807) is 21.6 Å². The van der Waals surface area contributed by atoms with E-state index in [-0.39, 0.29) is 0 Å². The molecular formula is C47H74N2S3. The number of aryl methyl sites for hydroxylation is 1. The Labute approximate surface area is 334 Å². The summed E-state index contributed by atoms with van der Waals surface area (Å²) < 4.78 is 0. The molecule has 290 valence electrons. The first-order valence-electron chi connectivity index (χ1n) is 21.3. The monoisotopic (exact) mass is 763 g/mol. The number of rotatable bonds is 35. The van der Waals surface area contributed by atoms with E-state index in [0.717, 1.165) is 29.3 Å². The second-order valence-electron chi connectivity index (χ2n) is 14.3. The summed E-state index contributed by atoms with van der Waals surface area (Å²) in [4.78, 5) is 9.19. The van der Waals surface area contributed by atoms with Crippen molar-refractivity contribution < 1.29 is 0 Å². The Balaban J connectivity index is 1.28. The third-order valence-electron chi connectivity index (χ3n) is 9.44. The van der Waals surface area contributed by atoms with Crippen LogP contribution in [-0.2, 0) is 6.42 Å². The van der Waals surface area contributed by atoms with Crippen LogP contribution >= 0.6 is 34.2 Å². The molecule has 0 N–H and O–H groups in total. The molecule has 2 nitrogen and oxygen atoms in total. The number of hydrogen-bond donors (Lipinski definition) is 1. The Morgan fingerprint density at radius 1 is 0.519 bits per heavy atom. The van der Waals surface area contributed by atoms with Crippen LogP contribution in [0.4, 0.5) is 0 Å². The Morgan fingerprint density at radius 3 is 1.54 bits per heavy atom. The van der Waals surface area contributed by atoms with Crippen molar-refractivity contribution >= 4 is 34.2 Å². The second-order valence-corrected chi connectivity index (χ2v) is 17.2. The van der Waals surface area contributed by atoms with E-state index in [1.165, 1.54) is 160 Å². The first-order valence-corrected chi connectivity index (χ1v) is 23.9. The van der Waals surface area contributed by atoms with Crippen molar-refractivity contribution in [2.45, 2.75) is 196 Å². The molecule has 0 bridgehead atoms. The lowest BCUT2D eigenvalue weighted by molar-refractivity contribution is 0.539. The molecule has 0 saturated heterocycles. The van der Waals surface area contributed by atoms with Gasteiger partial charge in [-0.25, -0.2) is 9.97 Å². The molecular weight excluding hydrogens is 689 g/mol. The molecule has 0 aliphatic carbocycles. The molecule has 0 amide bonds. The smallest absolute Gasteiger partial charge is 0.107 e. The Morgan fingerprint density at radius 2 is 1.00 bits per heavy atom. The van der Waals surface area contributed by atoms with E-state index in [1.807, 2.05) is 24.4 Å². The van der Waals surface area contributed by atoms with Crippen LogP contribution in [0.5, 0.6) is 0 Å². The Kier molecular flexibility index (Phi) is 32.4. The Hall–Kier alpha value is -1.69. The maximum atomic E-state index is 4.89. The van der Waals surface area contributed by atoms with Crippen LogP contribution in [0.15, 0.2) is 101 Å². The molecule has 0 aliphatic heterocycles. The van der Waals surface area contributed by atoms with Gasteiger partial charge in [0.2, 0.25) is 0 Å². The van der Waals surface area contributed by atoms with Gasteiger partial charge < -0.3 is 0 Å². The molecule has 2 aromatic heterocycles. The summed E-state index contributed by atoms with van der Waals surface area (Å²) in [6.07, 6.45) is 55.8. The summed E-state index contributed by atoms with van der Waals surface area (Å²) in [6, 6.07) is 12.4. The molecule has 2 aromatic rings.